The van der Waals surface area contributed by atoms with Gasteiger partial charge in [0.2, 0.25) is 0 Å². The van der Waals surface area contributed by atoms with E-state index in [0.717, 1.165) is 0 Å². The zero-order valence-electron chi connectivity index (χ0n) is 6.75. The molecule has 2 rings (SSSR count). The number of amides is 1. The first kappa shape index (κ1) is 8.44. The molecule has 1 N–H and O–H groups in total. The maximum Gasteiger partial charge on any atom is 0.407 e. The number of carbonyl (C=O) groups is 1. The van der Waals surface area contributed by atoms with Crippen LogP contribution in [0.1, 0.15) is 18.2 Å². The van der Waals surface area contributed by atoms with Gasteiger partial charge in [0.05, 0.1) is 12.6 Å². The highest BCUT2D eigenvalue weighted by atomic mass is 35.5. The van der Waals surface area contributed by atoms with E-state index in [2.05, 4.69) is 5.32 Å². The van der Waals surface area contributed by atoms with E-state index in [9.17, 15) is 4.79 Å². The summed E-state index contributed by atoms with van der Waals surface area (Å²) in [6, 6.07) is 3.28. The summed E-state index contributed by atoms with van der Waals surface area (Å²) >= 11 is 5.61. The summed E-state index contributed by atoms with van der Waals surface area (Å²) in [6.07, 6.45) is 0.291. The quantitative estimate of drug-likeness (QED) is 0.757. The van der Waals surface area contributed by atoms with E-state index < -0.39 is 6.09 Å². The molecule has 1 aliphatic heterocycles. The number of rotatable bonds is 1. The lowest BCUT2D eigenvalue weighted by Crippen LogP contribution is -2.35. The lowest BCUT2D eigenvalue weighted by molar-refractivity contribution is 0.111. The van der Waals surface area contributed by atoms with E-state index in [4.69, 9.17) is 20.8 Å². The van der Waals surface area contributed by atoms with Crippen LogP contribution in [-0.2, 0) is 4.74 Å². The minimum Gasteiger partial charge on any atom is -0.449 e. The molecule has 1 aliphatic rings. The highest BCUT2D eigenvalue weighted by molar-refractivity contribution is 6.28. The topological polar surface area (TPSA) is 51.5 Å². The van der Waals surface area contributed by atoms with E-state index in [0.29, 0.717) is 24.0 Å². The van der Waals surface area contributed by atoms with Gasteiger partial charge >= 0.3 is 6.09 Å². The minimum absolute atomic E-state index is 0.117. The summed E-state index contributed by atoms with van der Waals surface area (Å²) < 4.78 is 9.88. The summed E-state index contributed by atoms with van der Waals surface area (Å²) in [4.78, 5) is 10.8. The Balaban J connectivity index is 2.12. The van der Waals surface area contributed by atoms with Crippen molar-refractivity contribution in [3.63, 3.8) is 0 Å². The number of furan rings is 1. The third-order valence-electron chi connectivity index (χ3n) is 1.87. The van der Waals surface area contributed by atoms with E-state index in [-0.39, 0.29) is 6.04 Å². The van der Waals surface area contributed by atoms with E-state index >= 15 is 0 Å². The third-order valence-corrected chi connectivity index (χ3v) is 2.07. The van der Waals surface area contributed by atoms with Gasteiger partial charge in [-0.05, 0) is 23.7 Å². The predicted molar refractivity (Wildman–Crippen MR) is 45.6 cm³/mol. The first-order valence-electron chi connectivity index (χ1n) is 3.94. The largest absolute Gasteiger partial charge is 0.449 e. The molecule has 1 amide bonds. The van der Waals surface area contributed by atoms with Crippen LogP contribution in [-0.4, -0.2) is 12.7 Å². The van der Waals surface area contributed by atoms with Crippen LogP contribution in [0.5, 0.6) is 0 Å². The van der Waals surface area contributed by atoms with Crippen molar-refractivity contribution in [1.29, 1.82) is 0 Å². The number of alkyl carbamates (subject to hydrolysis) is 1. The fourth-order valence-corrected chi connectivity index (χ4v) is 1.41. The zero-order chi connectivity index (χ0) is 9.26. The van der Waals surface area contributed by atoms with Gasteiger partial charge < -0.3 is 14.5 Å². The average Bonchev–Trinajstić information content (AvgIpc) is 2.52. The molecule has 1 aromatic rings. The Kier molecular flexibility index (Phi) is 2.14. The van der Waals surface area contributed by atoms with Crippen LogP contribution in [0, 0.1) is 0 Å². The SMILES string of the molecule is O=C1N[C@@H](c2ccc(Cl)o2)CCO1. The van der Waals surface area contributed by atoms with E-state index in [1.54, 1.807) is 12.1 Å². The molecule has 1 atom stereocenters. The van der Waals surface area contributed by atoms with Crippen LogP contribution in [0.2, 0.25) is 5.22 Å². The van der Waals surface area contributed by atoms with Crippen LogP contribution >= 0.6 is 11.6 Å². The average molecular weight is 202 g/mol. The number of nitrogens with one attached hydrogen (secondary N) is 1. The molecular weight excluding hydrogens is 194 g/mol. The van der Waals surface area contributed by atoms with Crippen LogP contribution in [0.25, 0.3) is 0 Å². The van der Waals surface area contributed by atoms with E-state index in [1.165, 1.54) is 0 Å². The van der Waals surface area contributed by atoms with Gasteiger partial charge in [0.25, 0.3) is 0 Å². The molecule has 0 bridgehead atoms. The fraction of sp³-hybridized carbons (Fsp3) is 0.375. The normalized spacial score (nSPS) is 22.2. The molecule has 70 valence electrons. The van der Waals surface area contributed by atoms with Crippen molar-refractivity contribution in [3.8, 4) is 0 Å². The smallest absolute Gasteiger partial charge is 0.407 e. The van der Waals surface area contributed by atoms with Crippen molar-refractivity contribution in [2.75, 3.05) is 6.61 Å². The number of cyclic esters (lactones) is 1. The monoisotopic (exact) mass is 201 g/mol. The Morgan fingerprint density at radius 1 is 1.54 bits per heavy atom. The minimum atomic E-state index is -0.413. The molecule has 4 nitrogen and oxygen atoms in total. The summed E-state index contributed by atoms with van der Waals surface area (Å²) in [5, 5.41) is 2.96. The van der Waals surface area contributed by atoms with Gasteiger partial charge in [-0.25, -0.2) is 4.79 Å². The molecule has 5 heteroatoms. The first-order chi connectivity index (χ1) is 6.25. The Morgan fingerprint density at radius 3 is 3.00 bits per heavy atom. The molecule has 2 heterocycles. The summed E-state index contributed by atoms with van der Waals surface area (Å²) in [7, 11) is 0. The second kappa shape index (κ2) is 3.30. The number of carbonyl (C=O) groups excluding carboxylic acids is 1. The molecule has 0 aromatic carbocycles. The van der Waals surface area contributed by atoms with Gasteiger partial charge in [0.1, 0.15) is 5.76 Å². The number of ether oxygens (including phenoxy) is 1. The van der Waals surface area contributed by atoms with E-state index in [1.807, 2.05) is 0 Å². The second-order valence-corrected chi connectivity index (χ2v) is 3.14. The van der Waals surface area contributed by atoms with Crippen molar-refractivity contribution in [3.05, 3.63) is 23.1 Å². The highest BCUT2D eigenvalue weighted by Crippen LogP contribution is 2.24. The molecule has 0 unspecified atom stereocenters. The lowest BCUT2D eigenvalue weighted by atomic mass is 10.1. The second-order valence-electron chi connectivity index (χ2n) is 2.76. The van der Waals surface area contributed by atoms with Gasteiger partial charge in [-0.2, -0.15) is 0 Å². The maximum absolute atomic E-state index is 10.8. The van der Waals surface area contributed by atoms with Gasteiger partial charge in [0.15, 0.2) is 5.22 Å². The van der Waals surface area contributed by atoms with Crippen molar-refractivity contribution >= 4 is 17.7 Å². The van der Waals surface area contributed by atoms with Gasteiger partial charge in [-0.3, -0.25) is 0 Å². The molecule has 0 saturated carbocycles. The summed E-state index contributed by atoms with van der Waals surface area (Å²) in [5.74, 6) is 0.668. The molecule has 0 spiro atoms. The number of halogens is 1. The van der Waals surface area contributed by atoms with Crippen molar-refractivity contribution in [2.45, 2.75) is 12.5 Å². The zero-order valence-corrected chi connectivity index (χ0v) is 7.50. The van der Waals surface area contributed by atoms with Gasteiger partial charge in [-0.1, -0.05) is 0 Å². The Hall–Kier alpha value is -1.16. The molecule has 13 heavy (non-hydrogen) atoms. The summed E-state index contributed by atoms with van der Waals surface area (Å²) in [5.41, 5.74) is 0. The standard InChI is InChI=1S/C8H8ClNO3/c9-7-2-1-6(13-7)5-3-4-12-8(11)10-5/h1-2,5H,3-4H2,(H,10,11)/t5-/m1/s1. The van der Waals surface area contributed by atoms with Crippen molar-refractivity contribution in [2.24, 2.45) is 0 Å². The van der Waals surface area contributed by atoms with Crippen molar-refractivity contribution < 1.29 is 13.9 Å². The number of hydrogen-bond acceptors (Lipinski definition) is 3. The van der Waals surface area contributed by atoms with Crippen LogP contribution < -0.4 is 5.32 Å². The first-order valence-corrected chi connectivity index (χ1v) is 4.32. The Morgan fingerprint density at radius 2 is 2.38 bits per heavy atom. The van der Waals surface area contributed by atoms with Gasteiger partial charge in [0, 0.05) is 6.42 Å². The summed E-state index contributed by atoms with van der Waals surface area (Å²) in [6.45, 7) is 0.412. The van der Waals surface area contributed by atoms with Crippen LogP contribution in [0.4, 0.5) is 4.79 Å². The lowest BCUT2D eigenvalue weighted by Gasteiger charge is -2.21. The predicted octanol–water partition coefficient (Wildman–Crippen LogP) is 2.10. The van der Waals surface area contributed by atoms with Crippen LogP contribution in [0.15, 0.2) is 16.5 Å². The maximum atomic E-state index is 10.8. The highest BCUT2D eigenvalue weighted by Gasteiger charge is 2.23. The molecule has 1 fully saturated rings. The molecule has 0 radical (unpaired) electrons. The molecule has 0 aliphatic carbocycles. The van der Waals surface area contributed by atoms with Gasteiger partial charge in [-0.15, -0.1) is 0 Å². The Labute approximate surface area is 79.8 Å². The Bertz CT molecular complexity index is 323. The fourth-order valence-electron chi connectivity index (χ4n) is 1.25. The van der Waals surface area contributed by atoms with Crippen LogP contribution in [0.3, 0.4) is 0 Å². The molecular formula is C8H8ClNO3. The third kappa shape index (κ3) is 1.78. The van der Waals surface area contributed by atoms with Crippen molar-refractivity contribution in [1.82, 2.24) is 5.32 Å². The molecule has 1 aromatic heterocycles. The molecule has 1 saturated heterocycles. The number of hydrogen-bond donors (Lipinski definition) is 1.